The Hall–Kier alpha value is -1.01. The molecule has 0 aromatic heterocycles. The van der Waals surface area contributed by atoms with Crippen molar-refractivity contribution in [2.24, 2.45) is 0 Å². The second-order valence-electron chi connectivity index (χ2n) is 3.75. The molecule has 0 amide bonds. The zero-order valence-electron chi connectivity index (χ0n) is 10.8. The van der Waals surface area contributed by atoms with Crippen LogP contribution in [0.4, 0.5) is 0 Å². The van der Waals surface area contributed by atoms with Gasteiger partial charge in [0.15, 0.2) is 0 Å². The highest BCUT2D eigenvalue weighted by Gasteiger charge is 2.05. The van der Waals surface area contributed by atoms with Crippen LogP contribution in [0.1, 0.15) is 59.3 Å². The van der Waals surface area contributed by atoms with E-state index in [1.807, 2.05) is 19.9 Å². The average Bonchev–Trinajstić information content (AvgIpc) is 2.28. The van der Waals surface area contributed by atoms with Gasteiger partial charge in [-0.25, -0.2) is 4.79 Å². The lowest BCUT2D eigenvalue weighted by Gasteiger charge is -2.00. The number of carbonyl (C=O) groups is 1. The molecule has 0 spiro atoms. The number of rotatable bonds is 8. The summed E-state index contributed by atoms with van der Waals surface area (Å²) in [5.74, 6) is -0.227. The summed E-state index contributed by atoms with van der Waals surface area (Å²) in [4.78, 5) is 11.4. The van der Waals surface area contributed by atoms with Crippen LogP contribution in [-0.2, 0) is 9.53 Å². The van der Waals surface area contributed by atoms with Crippen molar-refractivity contribution >= 4 is 5.97 Å². The smallest absolute Gasteiger partial charge is 0.341 e. The second kappa shape index (κ2) is 10.5. The van der Waals surface area contributed by atoms with Gasteiger partial charge < -0.3 is 4.74 Å². The molecule has 0 N–H and O–H groups in total. The Bertz CT molecular complexity index is 247. The highest BCUT2D eigenvalue weighted by Crippen LogP contribution is 2.05. The molecule has 16 heavy (non-hydrogen) atoms. The second-order valence-corrected chi connectivity index (χ2v) is 3.75. The standard InChI is InChI=1S/C14H24O2/c1-4-7-8-9-10-11-12-13(5-2)14(15)16-6-3/h11H,4-10H2,1-3H3. The molecule has 2 heteroatoms. The van der Waals surface area contributed by atoms with Crippen LogP contribution in [0.25, 0.3) is 0 Å². The summed E-state index contributed by atoms with van der Waals surface area (Å²) in [6.07, 6.45) is 8.63. The van der Waals surface area contributed by atoms with Gasteiger partial charge in [-0.15, -0.1) is 5.73 Å². The first-order valence-electron chi connectivity index (χ1n) is 6.37. The highest BCUT2D eigenvalue weighted by molar-refractivity contribution is 5.88. The van der Waals surface area contributed by atoms with Crippen LogP contribution in [-0.4, -0.2) is 12.6 Å². The van der Waals surface area contributed by atoms with Crippen LogP contribution in [0.2, 0.25) is 0 Å². The molecule has 0 aliphatic carbocycles. The highest BCUT2D eigenvalue weighted by atomic mass is 16.5. The van der Waals surface area contributed by atoms with E-state index in [0.717, 1.165) is 6.42 Å². The quantitative estimate of drug-likeness (QED) is 0.269. The summed E-state index contributed by atoms with van der Waals surface area (Å²) in [5, 5.41) is 0. The lowest BCUT2D eigenvalue weighted by Crippen LogP contribution is -2.05. The summed E-state index contributed by atoms with van der Waals surface area (Å²) >= 11 is 0. The van der Waals surface area contributed by atoms with Crippen molar-refractivity contribution in [3.05, 3.63) is 17.4 Å². The van der Waals surface area contributed by atoms with Crippen molar-refractivity contribution in [2.75, 3.05) is 6.61 Å². The Labute approximate surface area is 99.4 Å². The Kier molecular flexibility index (Phi) is 9.84. The van der Waals surface area contributed by atoms with E-state index < -0.39 is 0 Å². The molecule has 0 aliphatic heterocycles. The van der Waals surface area contributed by atoms with E-state index in [-0.39, 0.29) is 5.97 Å². The first kappa shape index (κ1) is 15.0. The monoisotopic (exact) mass is 224 g/mol. The fourth-order valence-corrected chi connectivity index (χ4v) is 1.39. The molecular formula is C14H24O2. The van der Waals surface area contributed by atoms with E-state index in [2.05, 4.69) is 12.7 Å². The maximum absolute atomic E-state index is 11.4. The van der Waals surface area contributed by atoms with Crippen LogP contribution < -0.4 is 0 Å². The van der Waals surface area contributed by atoms with E-state index in [0.29, 0.717) is 18.6 Å². The summed E-state index contributed by atoms with van der Waals surface area (Å²) in [6.45, 7) is 6.40. The van der Waals surface area contributed by atoms with Gasteiger partial charge in [0, 0.05) is 0 Å². The molecule has 92 valence electrons. The Balaban J connectivity index is 4.03. The van der Waals surface area contributed by atoms with Gasteiger partial charge in [-0.1, -0.05) is 33.1 Å². The Morgan fingerprint density at radius 2 is 1.94 bits per heavy atom. The number of hydrogen-bond acceptors (Lipinski definition) is 2. The molecule has 2 nitrogen and oxygen atoms in total. The molecule has 0 unspecified atom stereocenters. The minimum Gasteiger partial charge on any atom is -0.462 e. The number of unbranched alkanes of at least 4 members (excludes halogenated alkanes) is 4. The van der Waals surface area contributed by atoms with Gasteiger partial charge in [-0.2, -0.15) is 0 Å². The van der Waals surface area contributed by atoms with Gasteiger partial charge in [0.1, 0.15) is 0 Å². The van der Waals surface area contributed by atoms with Crippen molar-refractivity contribution in [3.63, 3.8) is 0 Å². The topological polar surface area (TPSA) is 26.3 Å². The maximum atomic E-state index is 11.4. The van der Waals surface area contributed by atoms with Crippen LogP contribution >= 0.6 is 0 Å². The van der Waals surface area contributed by atoms with Crippen LogP contribution in [0.5, 0.6) is 0 Å². The third-order valence-corrected chi connectivity index (χ3v) is 2.35. The summed E-state index contributed by atoms with van der Waals surface area (Å²) in [7, 11) is 0. The minimum absolute atomic E-state index is 0.227. The normalized spacial score (nSPS) is 9.44. The van der Waals surface area contributed by atoms with Gasteiger partial charge in [0.25, 0.3) is 0 Å². The van der Waals surface area contributed by atoms with Crippen molar-refractivity contribution in [1.29, 1.82) is 0 Å². The van der Waals surface area contributed by atoms with E-state index >= 15 is 0 Å². The molecule has 0 aromatic rings. The van der Waals surface area contributed by atoms with E-state index in [4.69, 9.17) is 4.74 Å². The molecular weight excluding hydrogens is 200 g/mol. The number of hydrogen-bond donors (Lipinski definition) is 0. The van der Waals surface area contributed by atoms with Gasteiger partial charge in [0.05, 0.1) is 12.2 Å². The lowest BCUT2D eigenvalue weighted by molar-refractivity contribution is -0.138. The molecule has 0 rings (SSSR count). The van der Waals surface area contributed by atoms with Gasteiger partial charge >= 0.3 is 5.97 Å². The third-order valence-electron chi connectivity index (χ3n) is 2.35. The Morgan fingerprint density at radius 1 is 1.19 bits per heavy atom. The number of esters is 1. The fourth-order valence-electron chi connectivity index (χ4n) is 1.39. The van der Waals surface area contributed by atoms with Crippen molar-refractivity contribution < 1.29 is 9.53 Å². The summed E-state index contributed by atoms with van der Waals surface area (Å²) in [6, 6.07) is 0. The predicted molar refractivity (Wildman–Crippen MR) is 67.3 cm³/mol. The van der Waals surface area contributed by atoms with Crippen LogP contribution in [0.15, 0.2) is 17.4 Å². The first-order chi connectivity index (χ1) is 7.76. The average molecular weight is 224 g/mol. The van der Waals surface area contributed by atoms with E-state index in [1.165, 1.54) is 25.7 Å². The molecule has 0 aliphatic rings. The molecule has 0 fully saturated rings. The lowest BCUT2D eigenvalue weighted by atomic mass is 10.1. The molecule has 0 heterocycles. The summed E-state index contributed by atoms with van der Waals surface area (Å²) < 4.78 is 4.93. The molecule has 0 saturated carbocycles. The SMILES string of the molecule is CCCCCCC=C=C(CC)C(=O)OCC. The van der Waals surface area contributed by atoms with Crippen molar-refractivity contribution in [3.8, 4) is 0 Å². The van der Waals surface area contributed by atoms with Gasteiger partial charge in [-0.3, -0.25) is 0 Å². The molecule has 0 bridgehead atoms. The maximum Gasteiger partial charge on any atom is 0.341 e. The molecule has 0 atom stereocenters. The van der Waals surface area contributed by atoms with Gasteiger partial charge in [-0.05, 0) is 32.3 Å². The van der Waals surface area contributed by atoms with Crippen molar-refractivity contribution in [2.45, 2.75) is 59.3 Å². The molecule has 0 radical (unpaired) electrons. The van der Waals surface area contributed by atoms with Crippen molar-refractivity contribution in [1.82, 2.24) is 0 Å². The zero-order chi connectivity index (χ0) is 12.2. The molecule has 0 saturated heterocycles. The van der Waals surface area contributed by atoms with E-state index in [9.17, 15) is 4.79 Å². The van der Waals surface area contributed by atoms with Crippen LogP contribution in [0.3, 0.4) is 0 Å². The molecule has 0 aromatic carbocycles. The summed E-state index contributed by atoms with van der Waals surface area (Å²) in [5.41, 5.74) is 3.70. The fraction of sp³-hybridized carbons (Fsp3) is 0.714. The predicted octanol–water partition coefficient (Wildman–Crippen LogP) is 4.01. The third kappa shape index (κ3) is 7.30. The Morgan fingerprint density at radius 3 is 2.50 bits per heavy atom. The number of carbonyl (C=O) groups excluding carboxylic acids is 1. The zero-order valence-corrected chi connectivity index (χ0v) is 10.8. The number of ether oxygens (including phenoxy) is 1. The largest absolute Gasteiger partial charge is 0.462 e. The van der Waals surface area contributed by atoms with E-state index in [1.54, 1.807) is 0 Å². The van der Waals surface area contributed by atoms with Crippen LogP contribution in [0, 0.1) is 0 Å². The van der Waals surface area contributed by atoms with Gasteiger partial charge in [0.2, 0.25) is 0 Å². The minimum atomic E-state index is -0.227. The first-order valence-corrected chi connectivity index (χ1v) is 6.37.